The maximum Gasteiger partial charge on any atom is 0.236 e. The van der Waals surface area contributed by atoms with Gasteiger partial charge in [0.25, 0.3) is 0 Å². The minimum absolute atomic E-state index is 0.325. The lowest BCUT2D eigenvalue weighted by Gasteiger charge is -2.34. The average molecular weight is 257 g/mol. The number of nitrogens with one attached hydrogen (secondary N) is 1. The number of nitrogens with zero attached hydrogens (tertiary/aromatic N) is 2. The van der Waals surface area contributed by atoms with Gasteiger partial charge >= 0.3 is 0 Å². The van der Waals surface area contributed by atoms with Crippen LogP contribution in [0.3, 0.4) is 0 Å². The molecule has 98 valence electrons. The summed E-state index contributed by atoms with van der Waals surface area (Å²) >= 11 is 2.01. The van der Waals surface area contributed by atoms with Gasteiger partial charge in [-0.2, -0.15) is 11.8 Å². The van der Waals surface area contributed by atoms with Crippen molar-refractivity contribution in [2.75, 3.05) is 51.6 Å². The standard InChI is InChI=1S/C12H23N3OS/c1-2-11-9-15(7-8-17-11)12(16)10-14-5-3-13-4-6-14/h11,13H,2-10H2,1H3. The average Bonchev–Trinajstić information content (AvgIpc) is 2.40. The van der Waals surface area contributed by atoms with Gasteiger partial charge in [0.05, 0.1) is 6.54 Å². The number of thioether (sulfide) groups is 1. The van der Waals surface area contributed by atoms with E-state index in [2.05, 4.69) is 22.0 Å². The van der Waals surface area contributed by atoms with Crippen LogP contribution in [0.25, 0.3) is 0 Å². The molecule has 1 N–H and O–H groups in total. The van der Waals surface area contributed by atoms with Gasteiger partial charge in [-0.05, 0) is 6.42 Å². The highest BCUT2D eigenvalue weighted by Gasteiger charge is 2.24. The number of carbonyl (C=O) groups excluding carboxylic acids is 1. The van der Waals surface area contributed by atoms with Crippen LogP contribution in [0.15, 0.2) is 0 Å². The van der Waals surface area contributed by atoms with Crippen molar-refractivity contribution in [3.63, 3.8) is 0 Å². The Morgan fingerprint density at radius 2 is 2.12 bits per heavy atom. The first kappa shape index (κ1) is 13.2. The number of hydrogen-bond donors (Lipinski definition) is 1. The van der Waals surface area contributed by atoms with Gasteiger partial charge in [0.2, 0.25) is 5.91 Å². The van der Waals surface area contributed by atoms with Crippen LogP contribution in [0.2, 0.25) is 0 Å². The van der Waals surface area contributed by atoms with Crippen LogP contribution < -0.4 is 5.32 Å². The second kappa shape index (κ2) is 6.61. The quantitative estimate of drug-likeness (QED) is 0.786. The number of rotatable bonds is 3. The first-order valence-electron chi connectivity index (χ1n) is 6.62. The summed E-state index contributed by atoms with van der Waals surface area (Å²) in [7, 11) is 0. The van der Waals surface area contributed by atoms with Crippen molar-refractivity contribution in [1.82, 2.24) is 15.1 Å². The third-order valence-electron chi connectivity index (χ3n) is 3.52. The molecule has 0 aromatic carbocycles. The van der Waals surface area contributed by atoms with Crippen LogP contribution in [0, 0.1) is 0 Å². The molecule has 2 heterocycles. The Labute approximate surface area is 108 Å². The van der Waals surface area contributed by atoms with Gasteiger partial charge in [-0.25, -0.2) is 0 Å². The molecule has 5 heteroatoms. The molecular weight excluding hydrogens is 234 g/mol. The Hall–Kier alpha value is -0.260. The third-order valence-corrected chi connectivity index (χ3v) is 4.89. The van der Waals surface area contributed by atoms with E-state index in [4.69, 9.17) is 0 Å². The zero-order valence-electron chi connectivity index (χ0n) is 10.7. The van der Waals surface area contributed by atoms with Crippen molar-refractivity contribution in [2.45, 2.75) is 18.6 Å². The summed E-state index contributed by atoms with van der Waals surface area (Å²) in [6.07, 6.45) is 1.17. The summed E-state index contributed by atoms with van der Waals surface area (Å²) in [6.45, 7) is 8.75. The summed E-state index contributed by atoms with van der Waals surface area (Å²) in [5.74, 6) is 1.43. The monoisotopic (exact) mass is 257 g/mol. The maximum atomic E-state index is 12.2. The molecule has 4 nitrogen and oxygen atoms in total. The van der Waals surface area contributed by atoms with Gasteiger partial charge in [-0.15, -0.1) is 0 Å². The largest absolute Gasteiger partial charge is 0.340 e. The SMILES string of the molecule is CCC1CN(C(=O)CN2CCNCC2)CCS1. The fourth-order valence-corrected chi connectivity index (χ4v) is 3.53. The molecule has 1 unspecified atom stereocenters. The second-order valence-electron chi connectivity index (χ2n) is 4.77. The summed E-state index contributed by atoms with van der Waals surface area (Å²) in [5.41, 5.74) is 0. The van der Waals surface area contributed by atoms with Crippen molar-refractivity contribution >= 4 is 17.7 Å². The maximum absolute atomic E-state index is 12.2. The van der Waals surface area contributed by atoms with Crippen molar-refractivity contribution in [3.8, 4) is 0 Å². The van der Waals surface area contributed by atoms with Gasteiger partial charge in [-0.1, -0.05) is 6.92 Å². The molecule has 2 aliphatic heterocycles. The fraction of sp³-hybridized carbons (Fsp3) is 0.917. The van der Waals surface area contributed by atoms with Crippen LogP contribution in [-0.4, -0.2) is 72.5 Å². The number of amides is 1. The molecule has 1 amide bonds. The molecule has 0 aromatic heterocycles. The molecule has 2 fully saturated rings. The molecule has 0 aliphatic carbocycles. The van der Waals surface area contributed by atoms with Crippen LogP contribution in [0.5, 0.6) is 0 Å². The van der Waals surface area contributed by atoms with Gasteiger partial charge in [0.15, 0.2) is 0 Å². The Balaban J connectivity index is 1.78. The Bertz CT molecular complexity index is 256. The van der Waals surface area contributed by atoms with E-state index < -0.39 is 0 Å². The van der Waals surface area contributed by atoms with Crippen LogP contribution in [-0.2, 0) is 4.79 Å². The highest BCUT2D eigenvalue weighted by atomic mass is 32.2. The minimum Gasteiger partial charge on any atom is -0.340 e. The highest BCUT2D eigenvalue weighted by Crippen LogP contribution is 2.21. The van der Waals surface area contributed by atoms with Crippen LogP contribution in [0.1, 0.15) is 13.3 Å². The summed E-state index contributed by atoms with van der Waals surface area (Å²) in [4.78, 5) is 16.5. The van der Waals surface area contributed by atoms with Gasteiger partial charge < -0.3 is 10.2 Å². The second-order valence-corrected chi connectivity index (χ2v) is 6.18. The van der Waals surface area contributed by atoms with E-state index in [0.717, 1.165) is 45.0 Å². The van der Waals surface area contributed by atoms with E-state index in [-0.39, 0.29) is 0 Å². The molecule has 0 radical (unpaired) electrons. The molecule has 2 aliphatic rings. The van der Waals surface area contributed by atoms with E-state index in [1.807, 2.05) is 11.8 Å². The molecule has 17 heavy (non-hydrogen) atoms. The number of piperazine rings is 1. The summed E-state index contributed by atoms with van der Waals surface area (Å²) < 4.78 is 0. The molecule has 2 rings (SSSR count). The van der Waals surface area contributed by atoms with Crippen molar-refractivity contribution in [2.24, 2.45) is 0 Å². The van der Waals surface area contributed by atoms with Crippen LogP contribution in [0.4, 0.5) is 0 Å². The molecule has 0 spiro atoms. The first-order chi connectivity index (χ1) is 8.29. The van der Waals surface area contributed by atoms with E-state index in [0.29, 0.717) is 17.7 Å². The smallest absolute Gasteiger partial charge is 0.236 e. The summed E-state index contributed by atoms with van der Waals surface area (Å²) in [6, 6.07) is 0. The van der Waals surface area contributed by atoms with E-state index in [1.165, 1.54) is 6.42 Å². The van der Waals surface area contributed by atoms with Gasteiger partial charge in [-0.3, -0.25) is 9.69 Å². The molecule has 0 saturated carbocycles. The fourth-order valence-electron chi connectivity index (χ4n) is 2.35. The lowest BCUT2D eigenvalue weighted by atomic mass is 10.2. The Morgan fingerprint density at radius 3 is 2.82 bits per heavy atom. The lowest BCUT2D eigenvalue weighted by molar-refractivity contribution is -0.132. The molecule has 1 atom stereocenters. The van der Waals surface area contributed by atoms with E-state index >= 15 is 0 Å². The molecular formula is C12H23N3OS. The third kappa shape index (κ3) is 3.86. The normalized spacial score (nSPS) is 27.1. The molecule has 0 bridgehead atoms. The summed E-state index contributed by atoms with van der Waals surface area (Å²) in [5, 5.41) is 3.96. The first-order valence-corrected chi connectivity index (χ1v) is 7.67. The van der Waals surface area contributed by atoms with Crippen molar-refractivity contribution < 1.29 is 4.79 Å². The Kier molecular flexibility index (Phi) is 5.13. The van der Waals surface area contributed by atoms with Crippen LogP contribution >= 0.6 is 11.8 Å². The highest BCUT2D eigenvalue weighted by molar-refractivity contribution is 8.00. The van der Waals surface area contributed by atoms with Crippen molar-refractivity contribution in [3.05, 3.63) is 0 Å². The zero-order valence-corrected chi connectivity index (χ0v) is 11.5. The van der Waals surface area contributed by atoms with E-state index in [9.17, 15) is 4.79 Å². The topological polar surface area (TPSA) is 35.6 Å². The molecule has 2 saturated heterocycles. The lowest BCUT2D eigenvalue weighted by Crippen LogP contribution is -2.50. The predicted molar refractivity (Wildman–Crippen MR) is 72.4 cm³/mol. The number of hydrogen-bond acceptors (Lipinski definition) is 4. The zero-order chi connectivity index (χ0) is 12.1. The van der Waals surface area contributed by atoms with E-state index in [1.54, 1.807) is 0 Å². The van der Waals surface area contributed by atoms with Gasteiger partial charge in [0, 0.05) is 50.3 Å². The number of carbonyl (C=O) groups is 1. The van der Waals surface area contributed by atoms with Crippen molar-refractivity contribution in [1.29, 1.82) is 0 Å². The van der Waals surface area contributed by atoms with Gasteiger partial charge in [0.1, 0.15) is 0 Å². The minimum atomic E-state index is 0.325. The predicted octanol–water partition coefficient (Wildman–Crippen LogP) is 0.246. The Morgan fingerprint density at radius 1 is 1.35 bits per heavy atom. The molecule has 0 aromatic rings.